The maximum absolute atomic E-state index is 13.6. The van der Waals surface area contributed by atoms with E-state index in [-0.39, 0.29) is 5.82 Å². The monoisotopic (exact) mass is 406 g/mol. The molecule has 0 radical (unpaired) electrons. The third kappa shape index (κ3) is 3.81. The van der Waals surface area contributed by atoms with Gasteiger partial charge >= 0.3 is 0 Å². The van der Waals surface area contributed by atoms with Crippen molar-refractivity contribution in [1.82, 2.24) is 15.2 Å². The normalized spacial score (nSPS) is 10.9. The molecule has 0 unspecified atom stereocenters. The number of benzene rings is 3. The minimum Gasteiger partial charge on any atom is -0.354 e. The molecule has 0 aliphatic heterocycles. The van der Waals surface area contributed by atoms with Gasteiger partial charge in [-0.2, -0.15) is 5.10 Å². The molecule has 5 rings (SSSR count). The second-order valence-corrected chi connectivity index (χ2v) is 7.27. The molecule has 0 aliphatic rings. The van der Waals surface area contributed by atoms with E-state index in [1.807, 2.05) is 60.8 Å². The SMILES string of the molecule is C=C(Nc1cccc(-c2cccc(F)c2)c1)c1n[nH]c2ccc(-c3cccnc3)cc12. The van der Waals surface area contributed by atoms with E-state index < -0.39 is 0 Å². The topological polar surface area (TPSA) is 53.6 Å². The average molecular weight is 406 g/mol. The third-order valence-corrected chi connectivity index (χ3v) is 5.16. The van der Waals surface area contributed by atoms with Crippen molar-refractivity contribution in [3.63, 3.8) is 0 Å². The fraction of sp³-hybridized carbons (Fsp3) is 0. The summed E-state index contributed by atoms with van der Waals surface area (Å²) >= 11 is 0. The molecule has 0 spiro atoms. The summed E-state index contributed by atoms with van der Waals surface area (Å²) in [6, 6.07) is 24.4. The summed E-state index contributed by atoms with van der Waals surface area (Å²) < 4.78 is 13.6. The van der Waals surface area contributed by atoms with Crippen LogP contribution >= 0.6 is 0 Å². The number of hydrogen-bond donors (Lipinski definition) is 2. The van der Waals surface area contributed by atoms with Crippen LogP contribution in [0.1, 0.15) is 5.69 Å². The number of halogens is 1. The minimum absolute atomic E-state index is 0.257. The number of fused-ring (bicyclic) bond motifs is 1. The molecule has 150 valence electrons. The Morgan fingerprint density at radius 2 is 1.61 bits per heavy atom. The van der Waals surface area contributed by atoms with Crippen LogP contribution in [0.4, 0.5) is 10.1 Å². The molecule has 0 fully saturated rings. The van der Waals surface area contributed by atoms with E-state index in [4.69, 9.17) is 0 Å². The van der Waals surface area contributed by atoms with Gasteiger partial charge in [-0.15, -0.1) is 0 Å². The first kappa shape index (κ1) is 18.8. The predicted molar refractivity (Wildman–Crippen MR) is 124 cm³/mol. The molecule has 2 heterocycles. The molecule has 2 aromatic heterocycles. The first-order valence-electron chi connectivity index (χ1n) is 9.88. The van der Waals surface area contributed by atoms with Crippen molar-refractivity contribution < 1.29 is 4.39 Å². The van der Waals surface area contributed by atoms with Crippen molar-refractivity contribution >= 4 is 22.3 Å². The number of nitrogens with zero attached hydrogens (tertiary/aromatic N) is 2. The van der Waals surface area contributed by atoms with Crippen molar-refractivity contribution in [2.24, 2.45) is 0 Å². The Bertz CT molecular complexity index is 1390. The van der Waals surface area contributed by atoms with Gasteiger partial charge in [0.15, 0.2) is 0 Å². The van der Waals surface area contributed by atoms with Crippen LogP contribution in [0, 0.1) is 5.82 Å². The molecule has 0 saturated carbocycles. The maximum Gasteiger partial charge on any atom is 0.123 e. The van der Waals surface area contributed by atoms with Crippen molar-refractivity contribution in [1.29, 1.82) is 0 Å². The lowest BCUT2D eigenvalue weighted by Crippen LogP contribution is -1.98. The summed E-state index contributed by atoms with van der Waals surface area (Å²) in [6.07, 6.45) is 3.60. The number of nitrogens with one attached hydrogen (secondary N) is 2. The van der Waals surface area contributed by atoms with Crippen LogP contribution in [0.5, 0.6) is 0 Å². The molecule has 2 N–H and O–H groups in total. The van der Waals surface area contributed by atoms with Crippen molar-refractivity contribution in [2.75, 3.05) is 5.32 Å². The van der Waals surface area contributed by atoms with Crippen LogP contribution in [0.2, 0.25) is 0 Å². The summed E-state index contributed by atoms with van der Waals surface area (Å²) in [5, 5.41) is 11.8. The van der Waals surface area contributed by atoms with Crippen molar-refractivity contribution in [3.8, 4) is 22.3 Å². The number of anilines is 1. The summed E-state index contributed by atoms with van der Waals surface area (Å²) in [5.74, 6) is -0.257. The molecule has 5 heteroatoms. The Kier molecular flexibility index (Phi) is 4.77. The second kappa shape index (κ2) is 7.88. The molecule has 0 bridgehead atoms. The van der Waals surface area contributed by atoms with Gasteiger partial charge in [0.25, 0.3) is 0 Å². The molecule has 3 aromatic carbocycles. The van der Waals surface area contributed by atoms with Crippen LogP contribution in [0.15, 0.2) is 97.8 Å². The van der Waals surface area contributed by atoms with Gasteiger partial charge in [-0.3, -0.25) is 10.1 Å². The largest absolute Gasteiger partial charge is 0.354 e. The first-order chi connectivity index (χ1) is 15.2. The van der Waals surface area contributed by atoms with E-state index in [1.54, 1.807) is 12.3 Å². The van der Waals surface area contributed by atoms with Crippen molar-refractivity contribution in [3.05, 3.63) is 109 Å². The van der Waals surface area contributed by atoms with Crippen LogP contribution in [-0.2, 0) is 0 Å². The molecule has 0 atom stereocenters. The minimum atomic E-state index is -0.257. The van der Waals surface area contributed by atoms with Crippen LogP contribution in [0.25, 0.3) is 38.9 Å². The van der Waals surface area contributed by atoms with Gasteiger partial charge < -0.3 is 5.32 Å². The lowest BCUT2D eigenvalue weighted by atomic mass is 10.0. The Balaban J connectivity index is 1.45. The first-order valence-corrected chi connectivity index (χ1v) is 9.88. The van der Waals surface area contributed by atoms with Gasteiger partial charge in [0, 0.05) is 29.0 Å². The van der Waals surface area contributed by atoms with Crippen LogP contribution in [0.3, 0.4) is 0 Å². The zero-order chi connectivity index (χ0) is 21.2. The number of rotatable bonds is 5. The van der Waals surface area contributed by atoms with Crippen LogP contribution < -0.4 is 5.32 Å². The molecule has 4 nitrogen and oxygen atoms in total. The fourth-order valence-electron chi connectivity index (χ4n) is 3.64. The van der Waals surface area contributed by atoms with E-state index in [1.165, 1.54) is 12.1 Å². The Hall–Kier alpha value is -4.25. The fourth-order valence-corrected chi connectivity index (χ4v) is 3.64. The van der Waals surface area contributed by atoms with Gasteiger partial charge in [0.2, 0.25) is 0 Å². The van der Waals surface area contributed by atoms with Gasteiger partial charge in [-0.25, -0.2) is 4.39 Å². The third-order valence-electron chi connectivity index (χ3n) is 5.16. The number of aromatic nitrogens is 3. The van der Waals surface area contributed by atoms with Gasteiger partial charge in [-0.1, -0.05) is 43.0 Å². The zero-order valence-corrected chi connectivity index (χ0v) is 16.6. The highest BCUT2D eigenvalue weighted by molar-refractivity contribution is 5.95. The van der Waals surface area contributed by atoms with Gasteiger partial charge in [0.1, 0.15) is 11.5 Å². The van der Waals surface area contributed by atoms with Gasteiger partial charge in [-0.05, 0) is 59.2 Å². The molecule has 31 heavy (non-hydrogen) atoms. The predicted octanol–water partition coefficient (Wildman–Crippen LogP) is 6.51. The lowest BCUT2D eigenvalue weighted by molar-refractivity contribution is 0.628. The van der Waals surface area contributed by atoms with Crippen molar-refractivity contribution in [2.45, 2.75) is 0 Å². The Morgan fingerprint density at radius 1 is 0.839 bits per heavy atom. The Labute approximate surface area is 179 Å². The molecular formula is C26H19FN4. The van der Waals surface area contributed by atoms with E-state index in [2.05, 4.69) is 33.1 Å². The highest BCUT2D eigenvalue weighted by Gasteiger charge is 2.11. The van der Waals surface area contributed by atoms with E-state index in [0.29, 0.717) is 5.70 Å². The number of hydrogen-bond acceptors (Lipinski definition) is 3. The van der Waals surface area contributed by atoms with E-state index in [0.717, 1.165) is 44.5 Å². The highest BCUT2D eigenvalue weighted by Crippen LogP contribution is 2.29. The summed E-state index contributed by atoms with van der Waals surface area (Å²) in [7, 11) is 0. The maximum atomic E-state index is 13.6. The second-order valence-electron chi connectivity index (χ2n) is 7.27. The lowest BCUT2D eigenvalue weighted by Gasteiger charge is -2.10. The molecule has 5 aromatic rings. The smallest absolute Gasteiger partial charge is 0.123 e. The molecule has 0 aliphatic carbocycles. The number of pyridine rings is 1. The molecular weight excluding hydrogens is 387 g/mol. The summed E-state index contributed by atoms with van der Waals surface area (Å²) in [6.45, 7) is 4.20. The summed E-state index contributed by atoms with van der Waals surface area (Å²) in [5.41, 5.74) is 7.04. The average Bonchev–Trinajstić information content (AvgIpc) is 3.23. The summed E-state index contributed by atoms with van der Waals surface area (Å²) in [4.78, 5) is 4.20. The zero-order valence-electron chi connectivity index (χ0n) is 16.6. The van der Waals surface area contributed by atoms with E-state index >= 15 is 0 Å². The van der Waals surface area contributed by atoms with Crippen LogP contribution in [-0.4, -0.2) is 15.2 Å². The highest BCUT2D eigenvalue weighted by atomic mass is 19.1. The number of aromatic amines is 1. The Morgan fingerprint density at radius 3 is 2.42 bits per heavy atom. The van der Waals surface area contributed by atoms with Gasteiger partial charge in [0.05, 0.1) is 11.2 Å². The molecule has 0 saturated heterocycles. The quantitative estimate of drug-likeness (QED) is 0.350. The number of H-pyrrole nitrogens is 1. The van der Waals surface area contributed by atoms with E-state index in [9.17, 15) is 4.39 Å². The molecule has 0 amide bonds. The standard InChI is InChI=1S/C26H19FN4/c1-17(29-23-9-3-6-19(14-23)18-5-2-8-22(27)13-18)26-24-15-20(10-11-25(24)30-31-26)21-7-4-12-28-16-21/h2-16,29H,1H2,(H,30,31).